The van der Waals surface area contributed by atoms with Gasteiger partial charge in [-0.3, -0.25) is 19.9 Å². The van der Waals surface area contributed by atoms with Crippen LogP contribution in [0, 0.1) is 5.92 Å². The number of nitrogens with one attached hydrogen (secondary N) is 1. The largest absolute Gasteiger partial charge is 0.328 e. The Kier molecular flexibility index (Phi) is 4.97. The van der Waals surface area contributed by atoms with Crippen molar-refractivity contribution in [2.45, 2.75) is 32.2 Å². The van der Waals surface area contributed by atoms with Gasteiger partial charge in [0.05, 0.1) is 17.4 Å². The molecule has 0 unspecified atom stereocenters. The SMILES string of the molecule is O=C1CCN(c2cnn3ccc(CN4CCN(CC5CCC5)CC4)cc23)C(=O)N1. The monoisotopic (exact) mass is 396 g/mol. The summed E-state index contributed by atoms with van der Waals surface area (Å²) < 4.78 is 1.79. The minimum atomic E-state index is -0.371. The van der Waals surface area contributed by atoms with Crippen LogP contribution < -0.4 is 10.2 Å². The lowest BCUT2D eigenvalue weighted by Crippen LogP contribution is -2.49. The molecule has 29 heavy (non-hydrogen) atoms. The molecule has 3 fully saturated rings. The van der Waals surface area contributed by atoms with Crippen LogP contribution in [-0.4, -0.2) is 70.6 Å². The van der Waals surface area contributed by atoms with Crippen molar-refractivity contribution < 1.29 is 9.59 Å². The van der Waals surface area contributed by atoms with Gasteiger partial charge < -0.3 is 4.90 Å². The number of pyridine rings is 1. The number of nitrogens with zero attached hydrogens (tertiary/aromatic N) is 5. The Bertz CT molecular complexity index is 913. The minimum absolute atomic E-state index is 0.222. The topological polar surface area (TPSA) is 73.2 Å². The molecule has 3 aliphatic rings. The molecule has 5 rings (SSSR count). The number of carbonyl (C=O) groups excluding carboxylic acids is 2. The molecule has 8 nitrogen and oxygen atoms in total. The van der Waals surface area contributed by atoms with Crippen LogP contribution in [0.1, 0.15) is 31.2 Å². The average molecular weight is 396 g/mol. The Morgan fingerprint density at radius 3 is 2.59 bits per heavy atom. The third-order valence-corrected chi connectivity index (χ3v) is 6.52. The number of fused-ring (bicyclic) bond motifs is 1. The fourth-order valence-electron chi connectivity index (χ4n) is 4.54. The van der Waals surface area contributed by atoms with Crippen LogP contribution in [0.4, 0.5) is 10.5 Å². The number of imide groups is 1. The zero-order valence-electron chi connectivity index (χ0n) is 16.7. The van der Waals surface area contributed by atoms with E-state index in [1.165, 1.54) is 31.4 Å². The van der Waals surface area contributed by atoms with Crippen LogP contribution in [0.5, 0.6) is 0 Å². The number of urea groups is 1. The summed E-state index contributed by atoms with van der Waals surface area (Å²) in [4.78, 5) is 30.4. The van der Waals surface area contributed by atoms with Gasteiger partial charge in [0.15, 0.2) is 0 Å². The van der Waals surface area contributed by atoms with Gasteiger partial charge in [-0.1, -0.05) is 6.42 Å². The summed E-state index contributed by atoms with van der Waals surface area (Å²) in [5, 5.41) is 6.76. The second-order valence-electron chi connectivity index (χ2n) is 8.52. The van der Waals surface area contributed by atoms with E-state index in [1.54, 1.807) is 15.6 Å². The smallest absolute Gasteiger partial charge is 0.301 e. The number of carbonyl (C=O) groups is 2. The number of hydrogen-bond donors (Lipinski definition) is 1. The second-order valence-corrected chi connectivity index (χ2v) is 8.52. The third-order valence-electron chi connectivity index (χ3n) is 6.52. The highest BCUT2D eigenvalue weighted by Crippen LogP contribution is 2.28. The van der Waals surface area contributed by atoms with Crippen LogP contribution in [0.3, 0.4) is 0 Å². The predicted octanol–water partition coefficient (Wildman–Crippen LogP) is 1.70. The molecular weight excluding hydrogens is 368 g/mol. The molecule has 0 bridgehead atoms. The Hall–Kier alpha value is -2.45. The first kappa shape index (κ1) is 18.6. The molecule has 0 atom stereocenters. The predicted molar refractivity (Wildman–Crippen MR) is 110 cm³/mol. The number of amides is 3. The van der Waals surface area contributed by atoms with Gasteiger partial charge in [0.1, 0.15) is 0 Å². The van der Waals surface area contributed by atoms with Gasteiger partial charge in [0.2, 0.25) is 5.91 Å². The van der Waals surface area contributed by atoms with Crippen molar-refractivity contribution >= 4 is 23.1 Å². The van der Waals surface area contributed by atoms with Gasteiger partial charge in [-0.25, -0.2) is 9.31 Å². The summed E-state index contributed by atoms with van der Waals surface area (Å²) in [7, 11) is 0. The fraction of sp³-hybridized carbons (Fsp3) is 0.571. The van der Waals surface area contributed by atoms with Crippen LogP contribution in [0.2, 0.25) is 0 Å². The molecule has 1 N–H and O–H groups in total. The lowest BCUT2D eigenvalue weighted by Gasteiger charge is -2.38. The van der Waals surface area contributed by atoms with E-state index in [0.717, 1.165) is 49.8 Å². The molecule has 2 saturated heterocycles. The van der Waals surface area contributed by atoms with Crippen molar-refractivity contribution in [1.29, 1.82) is 0 Å². The third kappa shape index (κ3) is 3.86. The zero-order valence-corrected chi connectivity index (χ0v) is 16.7. The molecule has 1 saturated carbocycles. The van der Waals surface area contributed by atoms with E-state index in [9.17, 15) is 9.59 Å². The minimum Gasteiger partial charge on any atom is -0.301 e. The number of aromatic nitrogens is 2. The number of rotatable bonds is 5. The maximum absolute atomic E-state index is 12.2. The van der Waals surface area contributed by atoms with Crippen LogP contribution in [0.15, 0.2) is 24.5 Å². The fourth-order valence-corrected chi connectivity index (χ4v) is 4.54. The van der Waals surface area contributed by atoms with Crippen molar-refractivity contribution in [3.05, 3.63) is 30.1 Å². The summed E-state index contributed by atoms with van der Waals surface area (Å²) >= 11 is 0. The lowest BCUT2D eigenvalue weighted by molar-refractivity contribution is -0.120. The first-order valence-electron chi connectivity index (χ1n) is 10.7. The Morgan fingerprint density at radius 2 is 1.86 bits per heavy atom. The highest BCUT2D eigenvalue weighted by Gasteiger charge is 2.27. The van der Waals surface area contributed by atoms with Crippen LogP contribution in [0.25, 0.3) is 5.52 Å². The van der Waals surface area contributed by atoms with Gasteiger partial charge in [-0.15, -0.1) is 0 Å². The standard InChI is InChI=1S/C21H28N6O2/c28-20-5-6-26(21(29)23-20)19-13-22-27-7-4-17(12-18(19)27)15-25-10-8-24(9-11-25)14-16-2-1-3-16/h4,7,12-13,16H,1-3,5-6,8-11,14-15H2,(H,23,28,29). The van der Waals surface area contributed by atoms with E-state index in [2.05, 4.69) is 32.3 Å². The van der Waals surface area contributed by atoms with E-state index >= 15 is 0 Å². The maximum Gasteiger partial charge on any atom is 0.328 e. The first-order chi connectivity index (χ1) is 14.2. The number of piperazine rings is 1. The number of anilines is 1. The molecule has 4 heterocycles. The molecule has 0 aromatic carbocycles. The summed E-state index contributed by atoms with van der Waals surface area (Å²) in [5.74, 6) is 0.714. The molecule has 2 aromatic rings. The van der Waals surface area contributed by atoms with E-state index in [0.29, 0.717) is 13.0 Å². The molecule has 154 valence electrons. The lowest BCUT2D eigenvalue weighted by atomic mass is 9.85. The molecule has 2 aromatic heterocycles. The Balaban J connectivity index is 1.25. The Morgan fingerprint density at radius 1 is 1.07 bits per heavy atom. The van der Waals surface area contributed by atoms with E-state index in [1.807, 2.05) is 6.20 Å². The molecular formula is C21H28N6O2. The summed E-state index contributed by atoms with van der Waals surface area (Å²) in [6.07, 6.45) is 8.21. The summed E-state index contributed by atoms with van der Waals surface area (Å²) in [6, 6.07) is 3.85. The highest BCUT2D eigenvalue weighted by atomic mass is 16.2. The zero-order chi connectivity index (χ0) is 19.8. The quantitative estimate of drug-likeness (QED) is 0.833. The summed E-state index contributed by atoms with van der Waals surface area (Å²) in [6.45, 7) is 7.07. The van der Waals surface area contributed by atoms with E-state index in [-0.39, 0.29) is 11.9 Å². The maximum atomic E-state index is 12.2. The molecule has 2 aliphatic heterocycles. The van der Waals surface area contributed by atoms with Crippen LogP contribution >= 0.6 is 0 Å². The second kappa shape index (κ2) is 7.76. The Labute approximate surface area is 170 Å². The normalized spacial score (nSPS) is 22.1. The highest BCUT2D eigenvalue weighted by molar-refractivity contribution is 6.07. The van der Waals surface area contributed by atoms with Crippen molar-refractivity contribution in [2.24, 2.45) is 5.92 Å². The van der Waals surface area contributed by atoms with E-state index in [4.69, 9.17) is 0 Å². The van der Waals surface area contributed by atoms with Gasteiger partial charge >= 0.3 is 6.03 Å². The van der Waals surface area contributed by atoms with Crippen molar-refractivity contribution in [2.75, 3.05) is 44.2 Å². The van der Waals surface area contributed by atoms with Gasteiger partial charge in [-0.2, -0.15) is 5.10 Å². The van der Waals surface area contributed by atoms with Crippen molar-refractivity contribution in [3.63, 3.8) is 0 Å². The van der Waals surface area contributed by atoms with Crippen molar-refractivity contribution in [3.8, 4) is 0 Å². The first-order valence-corrected chi connectivity index (χ1v) is 10.7. The summed E-state index contributed by atoms with van der Waals surface area (Å²) in [5.41, 5.74) is 2.87. The molecule has 0 spiro atoms. The molecule has 3 amide bonds. The van der Waals surface area contributed by atoms with E-state index < -0.39 is 0 Å². The van der Waals surface area contributed by atoms with Gasteiger partial charge in [0, 0.05) is 58.4 Å². The average Bonchev–Trinajstić information content (AvgIpc) is 3.09. The molecule has 8 heteroatoms. The molecule has 1 aliphatic carbocycles. The van der Waals surface area contributed by atoms with Crippen molar-refractivity contribution in [1.82, 2.24) is 24.7 Å². The molecule has 0 radical (unpaired) electrons. The van der Waals surface area contributed by atoms with Gasteiger partial charge in [-0.05, 0) is 36.5 Å². The van der Waals surface area contributed by atoms with Gasteiger partial charge in [0.25, 0.3) is 0 Å². The van der Waals surface area contributed by atoms with Crippen LogP contribution in [-0.2, 0) is 11.3 Å². The number of hydrogen-bond acceptors (Lipinski definition) is 5.